The van der Waals surface area contributed by atoms with Crippen LogP contribution in [0, 0.1) is 0 Å². The Bertz CT molecular complexity index is 127. The minimum atomic E-state index is -0.296. The lowest BCUT2D eigenvalue weighted by Gasteiger charge is -2.20. The maximum absolute atomic E-state index is 5.84. The summed E-state index contributed by atoms with van der Waals surface area (Å²) in [5, 5.41) is 0. The summed E-state index contributed by atoms with van der Waals surface area (Å²) in [6.45, 7) is 0. The van der Waals surface area contributed by atoms with Crippen molar-refractivity contribution in [2.45, 2.75) is 31.2 Å². The molecule has 1 rings (SSSR count). The van der Waals surface area contributed by atoms with Crippen LogP contribution in [0.4, 0.5) is 0 Å². The van der Waals surface area contributed by atoms with Crippen LogP contribution in [-0.2, 0) is 0 Å². The van der Waals surface area contributed by atoms with Gasteiger partial charge >= 0.3 is 0 Å². The second-order valence-electron chi connectivity index (χ2n) is 2.73. The third-order valence-electron chi connectivity index (χ3n) is 1.99. The molecule has 0 bridgehead atoms. The van der Waals surface area contributed by atoms with Crippen LogP contribution in [0.2, 0.25) is 0 Å². The van der Waals surface area contributed by atoms with Gasteiger partial charge in [0.05, 0.1) is 10.5 Å². The summed E-state index contributed by atoms with van der Waals surface area (Å²) in [6, 6.07) is 0. The zero-order valence-corrected chi connectivity index (χ0v) is 6.21. The normalized spacial score (nSPS) is 24.1. The van der Waals surface area contributed by atoms with E-state index < -0.39 is 0 Å². The molecule has 52 valence electrons. The van der Waals surface area contributed by atoms with Crippen molar-refractivity contribution in [2.75, 3.05) is 0 Å². The van der Waals surface area contributed by atoms with Crippen molar-refractivity contribution in [3.05, 3.63) is 0 Å². The molecule has 0 aliphatic heterocycles. The SMILES string of the molecule is NC(=S)C1(N)CCCC1. The second-order valence-corrected chi connectivity index (χ2v) is 3.17. The van der Waals surface area contributed by atoms with Crippen molar-refractivity contribution in [1.29, 1.82) is 0 Å². The van der Waals surface area contributed by atoms with Gasteiger partial charge in [-0.2, -0.15) is 0 Å². The molecule has 0 unspecified atom stereocenters. The molecule has 1 aliphatic rings. The average molecular weight is 144 g/mol. The van der Waals surface area contributed by atoms with Gasteiger partial charge in [-0.25, -0.2) is 0 Å². The topological polar surface area (TPSA) is 52.0 Å². The standard InChI is InChI=1S/C6H12N2S/c7-5(9)6(8)3-1-2-4-6/h1-4,8H2,(H2,7,9). The summed E-state index contributed by atoms with van der Waals surface area (Å²) < 4.78 is 0. The van der Waals surface area contributed by atoms with E-state index in [1.165, 1.54) is 12.8 Å². The maximum atomic E-state index is 5.84. The van der Waals surface area contributed by atoms with Crippen molar-refractivity contribution < 1.29 is 0 Å². The van der Waals surface area contributed by atoms with Crippen LogP contribution >= 0.6 is 12.2 Å². The molecule has 0 heterocycles. The lowest BCUT2D eigenvalue weighted by atomic mass is 10.00. The molecule has 9 heavy (non-hydrogen) atoms. The van der Waals surface area contributed by atoms with Crippen LogP contribution in [-0.4, -0.2) is 10.5 Å². The first-order valence-corrected chi connectivity index (χ1v) is 3.65. The maximum Gasteiger partial charge on any atom is 0.0929 e. The van der Waals surface area contributed by atoms with Crippen molar-refractivity contribution in [1.82, 2.24) is 0 Å². The van der Waals surface area contributed by atoms with Gasteiger partial charge in [-0.3, -0.25) is 0 Å². The van der Waals surface area contributed by atoms with E-state index in [0.717, 1.165) is 12.8 Å². The van der Waals surface area contributed by atoms with Gasteiger partial charge in [0.1, 0.15) is 0 Å². The molecule has 1 aliphatic carbocycles. The van der Waals surface area contributed by atoms with E-state index in [1.54, 1.807) is 0 Å². The summed E-state index contributed by atoms with van der Waals surface area (Å²) >= 11 is 4.82. The minimum Gasteiger partial charge on any atom is -0.392 e. The van der Waals surface area contributed by atoms with E-state index in [4.69, 9.17) is 23.7 Å². The molecular weight excluding hydrogens is 132 g/mol. The van der Waals surface area contributed by atoms with Crippen molar-refractivity contribution in [2.24, 2.45) is 11.5 Å². The Labute approximate surface area is 60.6 Å². The van der Waals surface area contributed by atoms with Crippen molar-refractivity contribution >= 4 is 17.2 Å². The van der Waals surface area contributed by atoms with Gasteiger partial charge in [0.15, 0.2) is 0 Å². The van der Waals surface area contributed by atoms with Crippen LogP contribution in [0.5, 0.6) is 0 Å². The van der Waals surface area contributed by atoms with Crippen LogP contribution in [0.3, 0.4) is 0 Å². The van der Waals surface area contributed by atoms with Crippen molar-refractivity contribution in [3.63, 3.8) is 0 Å². The lowest BCUT2D eigenvalue weighted by Crippen LogP contribution is -2.48. The number of nitrogens with two attached hydrogens (primary N) is 2. The van der Waals surface area contributed by atoms with Crippen molar-refractivity contribution in [3.8, 4) is 0 Å². The number of rotatable bonds is 1. The fraction of sp³-hybridized carbons (Fsp3) is 0.833. The molecule has 2 nitrogen and oxygen atoms in total. The van der Waals surface area contributed by atoms with E-state index in [9.17, 15) is 0 Å². The Morgan fingerprint density at radius 2 is 1.78 bits per heavy atom. The summed E-state index contributed by atoms with van der Waals surface area (Å²) in [5.41, 5.74) is 11.0. The molecule has 4 N–H and O–H groups in total. The highest BCUT2D eigenvalue weighted by atomic mass is 32.1. The molecule has 0 amide bonds. The second kappa shape index (κ2) is 2.23. The van der Waals surface area contributed by atoms with E-state index in [2.05, 4.69) is 0 Å². The molecule has 3 heteroatoms. The molecule has 0 saturated heterocycles. The summed E-state index contributed by atoms with van der Waals surface area (Å²) in [6.07, 6.45) is 4.30. The zero-order valence-electron chi connectivity index (χ0n) is 5.39. The predicted molar refractivity (Wildman–Crippen MR) is 42.2 cm³/mol. The highest BCUT2D eigenvalue weighted by molar-refractivity contribution is 7.80. The van der Waals surface area contributed by atoms with Crippen LogP contribution < -0.4 is 11.5 Å². The highest BCUT2D eigenvalue weighted by Gasteiger charge is 2.31. The summed E-state index contributed by atoms with van der Waals surface area (Å²) in [7, 11) is 0. The summed E-state index contributed by atoms with van der Waals surface area (Å²) in [5.74, 6) is 0. The molecule has 0 aromatic heterocycles. The molecular formula is C6H12N2S. The monoisotopic (exact) mass is 144 g/mol. The number of hydrogen-bond donors (Lipinski definition) is 2. The van der Waals surface area contributed by atoms with Gasteiger partial charge in [-0.05, 0) is 12.8 Å². The van der Waals surface area contributed by atoms with Gasteiger partial charge < -0.3 is 11.5 Å². The first kappa shape index (κ1) is 6.96. The molecule has 0 aromatic carbocycles. The predicted octanol–water partition coefficient (Wildman–Crippen LogP) is 0.544. The largest absolute Gasteiger partial charge is 0.392 e. The fourth-order valence-corrected chi connectivity index (χ4v) is 1.46. The minimum absolute atomic E-state index is 0.296. The first-order valence-electron chi connectivity index (χ1n) is 3.24. The van der Waals surface area contributed by atoms with E-state index in [0.29, 0.717) is 4.99 Å². The highest BCUT2D eigenvalue weighted by Crippen LogP contribution is 2.26. The van der Waals surface area contributed by atoms with Crippen LogP contribution in [0.15, 0.2) is 0 Å². The molecule has 1 fully saturated rings. The Morgan fingerprint density at radius 1 is 1.33 bits per heavy atom. The Balaban J connectivity index is 2.61. The Hall–Kier alpha value is -0.150. The molecule has 0 aromatic rings. The van der Waals surface area contributed by atoms with Gasteiger partial charge in [0, 0.05) is 0 Å². The molecule has 0 atom stereocenters. The lowest BCUT2D eigenvalue weighted by molar-refractivity contribution is 0.592. The quantitative estimate of drug-likeness (QED) is 0.528. The zero-order chi connectivity index (χ0) is 6.91. The van der Waals surface area contributed by atoms with E-state index in [-0.39, 0.29) is 5.54 Å². The first-order chi connectivity index (χ1) is 4.15. The number of thiocarbonyl (C=S) groups is 1. The average Bonchev–Trinajstić information content (AvgIpc) is 2.16. The van der Waals surface area contributed by atoms with Gasteiger partial charge in [-0.1, -0.05) is 25.1 Å². The molecule has 1 saturated carbocycles. The van der Waals surface area contributed by atoms with Gasteiger partial charge in [0.2, 0.25) is 0 Å². The van der Waals surface area contributed by atoms with Crippen LogP contribution in [0.25, 0.3) is 0 Å². The van der Waals surface area contributed by atoms with Crippen LogP contribution in [0.1, 0.15) is 25.7 Å². The Morgan fingerprint density at radius 3 is 2.00 bits per heavy atom. The molecule has 0 spiro atoms. The summed E-state index contributed by atoms with van der Waals surface area (Å²) in [4.78, 5) is 0.486. The van der Waals surface area contributed by atoms with E-state index in [1.807, 2.05) is 0 Å². The third-order valence-corrected chi connectivity index (χ3v) is 2.39. The fourth-order valence-electron chi connectivity index (χ4n) is 1.25. The smallest absolute Gasteiger partial charge is 0.0929 e. The van der Waals surface area contributed by atoms with Gasteiger partial charge in [-0.15, -0.1) is 0 Å². The van der Waals surface area contributed by atoms with Gasteiger partial charge in [0.25, 0.3) is 0 Å². The molecule has 0 radical (unpaired) electrons. The number of hydrogen-bond acceptors (Lipinski definition) is 2. The third kappa shape index (κ3) is 1.22. The Kier molecular flexibility index (Phi) is 1.73. The van der Waals surface area contributed by atoms with E-state index >= 15 is 0 Å².